The zero-order valence-corrected chi connectivity index (χ0v) is 14.1. The van der Waals surface area contributed by atoms with Crippen molar-refractivity contribution in [3.63, 3.8) is 0 Å². The number of hydrogen-bond donors (Lipinski definition) is 0. The second kappa shape index (κ2) is 5.84. The third-order valence-electron chi connectivity index (χ3n) is 3.80. The normalized spacial score (nSPS) is 15.1. The first-order chi connectivity index (χ1) is 10.5. The average Bonchev–Trinajstić information content (AvgIpc) is 2.54. The van der Waals surface area contributed by atoms with Crippen LogP contribution < -0.4 is 0 Å². The molecule has 0 amide bonds. The quantitative estimate of drug-likeness (QED) is 0.808. The van der Waals surface area contributed by atoms with Crippen LogP contribution in [0.4, 0.5) is 0 Å². The Balaban J connectivity index is 2.00. The van der Waals surface area contributed by atoms with Crippen molar-refractivity contribution in [3.05, 3.63) is 63.6 Å². The van der Waals surface area contributed by atoms with Crippen LogP contribution in [-0.2, 0) is 23.0 Å². The monoisotopic (exact) mass is 376 g/mol. The maximum atomic E-state index is 12.8. The van der Waals surface area contributed by atoms with Gasteiger partial charge in [-0.3, -0.25) is 0 Å². The number of benzene rings is 2. The van der Waals surface area contributed by atoms with E-state index in [2.05, 4.69) is 15.9 Å². The van der Waals surface area contributed by atoms with Gasteiger partial charge in [0, 0.05) is 17.6 Å². The lowest BCUT2D eigenvalue weighted by atomic mass is 10.0. The Labute approximate surface area is 138 Å². The second-order valence-electron chi connectivity index (χ2n) is 5.07. The van der Waals surface area contributed by atoms with E-state index in [1.54, 1.807) is 12.1 Å². The van der Waals surface area contributed by atoms with Crippen molar-refractivity contribution in [2.75, 3.05) is 6.54 Å². The fourth-order valence-electron chi connectivity index (χ4n) is 2.67. The first kappa shape index (κ1) is 15.2. The number of fused-ring (bicyclic) bond motifs is 1. The van der Waals surface area contributed by atoms with Gasteiger partial charge < -0.3 is 0 Å². The van der Waals surface area contributed by atoms with Gasteiger partial charge in [-0.25, -0.2) is 8.42 Å². The molecule has 1 aliphatic rings. The van der Waals surface area contributed by atoms with Crippen molar-refractivity contribution >= 4 is 26.0 Å². The summed E-state index contributed by atoms with van der Waals surface area (Å²) in [4.78, 5) is 0.0796. The molecule has 1 heterocycles. The highest BCUT2D eigenvalue weighted by Gasteiger charge is 2.30. The van der Waals surface area contributed by atoms with Crippen molar-refractivity contribution in [3.8, 4) is 6.07 Å². The summed E-state index contributed by atoms with van der Waals surface area (Å²) in [6, 6.07) is 14.1. The Morgan fingerprint density at radius 1 is 1.14 bits per heavy atom. The molecule has 0 aliphatic carbocycles. The van der Waals surface area contributed by atoms with Crippen LogP contribution in [0.15, 0.2) is 51.8 Å². The largest absolute Gasteiger partial charge is 0.244 e. The number of hydrogen-bond acceptors (Lipinski definition) is 3. The topological polar surface area (TPSA) is 61.2 Å². The summed E-state index contributed by atoms with van der Waals surface area (Å²) < 4.78 is 28.1. The molecule has 0 N–H and O–H groups in total. The highest BCUT2D eigenvalue weighted by Crippen LogP contribution is 2.30. The molecule has 0 bridgehead atoms. The summed E-state index contributed by atoms with van der Waals surface area (Å²) >= 11 is 3.51. The van der Waals surface area contributed by atoms with E-state index in [4.69, 9.17) is 5.26 Å². The van der Waals surface area contributed by atoms with Crippen LogP contribution in [0.25, 0.3) is 0 Å². The summed E-state index contributed by atoms with van der Waals surface area (Å²) in [5.41, 5.74) is 2.34. The molecule has 3 rings (SSSR count). The molecule has 0 spiro atoms. The van der Waals surface area contributed by atoms with E-state index in [0.717, 1.165) is 15.6 Å². The predicted octanol–water partition coefficient (Wildman–Crippen LogP) is 3.07. The maximum Gasteiger partial charge on any atom is 0.244 e. The Kier molecular flexibility index (Phi) is 4.04. The second-order valence-corrected chi connectivity index (χ2v) is 7.83. The molecule has 0 unspecified atom stereocenters. The van der Waals surface area contributed by atoms with Gasteiger partial charge in [-0.1, -0.05) is 40.2 Å². The molecule has 1 aliphatic heterocycles. The molecule has 22 heavy (non-hydrogen) atoms. The van der Waals surface area contributed by atoms with Gasteiger partial charge in [0.05, 0.1) is 10.5 Å². The van der Waals surface area contributed by atoms with E-state index in [1.165, 1.54) is 16.4 Å². The Hall–Kier alpha value is -1.68. The number of rotatable bonds is 2. The van der Waals surface area contributed by atoms with Gasteiger partial charge in [0.25, 0.3) is 0 Å². The van der Waals surface area contributed by atoms with Crippen LogP contribution in [0.2, 0.25) is 0 Å². The number of sulfonamides is 1. The molecular formula is C16H13BrN2O2S. The predicted molar refractivity (Wildman–Crippen MR) is 86.6 cm³/mol. The van der Waals surface area contributed by atoms with Crippen molar-refractivity contribution in [2.24, 2.45) is 0 Å². The summed E-state index contributed by atoms with van der Waals surface area (Å²) in [7, 11) is -3.66. The minimum atomic E-state index is -3.66. The van der Waals surface area contributed by atoms with Crippen molar-refractivity contribution < 1.29 is 8.42 Å². The SMILES string of the molecule is N#Cc1ccccc1S(=O)(=O)N1CCc2c(Br)cccc2C1. The van der Waals surface area contributed by atoms with E-state index in [-0.39, 0.29) is 10.5 Å². The summed E-state index contributed by atoms with van der Waals surface area (Å²) in [5.74, 6) is 0. The molecule has 2 aromatic carbocycles. The van der Waals surface area contributed by atoms with Crippen LogP contribution in [0.5, 0.6) is 0 Å². The van der Waals surface area contributed by atoms with Gasteiger partial charge in [-0.2, -0.15) is 9.57 Å². The molecule has 112 valence electrons. The fraction of sp³-hybridized carbons (Fsp3) is 0.188. The highest BCUT2D eigenvalue weighted by molar-refractivity contribution is 9.10. The summed E-state index contributed by atoms with van der Waals surface area (Å²) in [5, 5.41) is 9.14. The maximum absolute atomic E-state index is 12.8. The number of nitrogens with zero attached hydrogens (tertiary/aromatic N) is 2. The molecule has 4 nitrogen and oxygen atoms in total. The standard InChI is InChI=1S/C16H13BrN2O2S/c17-15-6-3-5-13-11-19(9-8-14(13)15)22(20,21)16-7-2-1-4-12(16)10-18/h1-7H,8-9,11H2. The number of nitriles is 1. The van der Waals surface area contributed by atoms with Crippen molar-refractivity contribution in [1.82, 2.24) is 4.31 Å². The van der Waals surface area contributed by atoms with Crippen LogP contribution in [0, 0.1) is 11.3 Å². The zero-order valence-electron chi connectivity index (χ0n) is 11.7. The zero-order chi connectivity index (χ0) is 15.7. The fourth-order valence-corrected chi connectivity index (χ4v) is 4.83. The minimum absolute atomic E-state index is 0.0796. The molecule has 0 saturated carbocycles. The first-order valence-corrected chi connectivity index (χ1v) is 9.03. The minimum Gasteiger partial charge on any atom is -0.207 e. The molecular weight excluding hydrogens is 364 g/mol. The Bertz CT molecular complexity index is 872. The van der Waals surface area contributed by atoms with Gasteiger partial charge in [-0.15, -0.1) is 0 Å². The highest BCUT2D eigenvalue weighted by atomic mass is 79.9. The Morgan fingerprint density at radius 3 is 2.68 bits per heavy atom. The first-order valence-electron chi connectivity index (χ1n) is 6.79. The number of halogens is 1. The average molecular weight is 377 g/mol. The van der Waals surface area contributed by atoms with E-state index in [0.29, 0.717) is 19.5 Å². The van der Waals surface area contributed by atoms with Crippen LogP contribution >= 0.6 is 15.9 Å². The smallest absolute Gasteiger partial charge is 0.207 e. The van der Waals surface area contributed by atoms with E-state index in [9.17, 15) is 8.42 Å². The van der Waals surface area contributed by atoms with Crippen LogP contribution in [-0.4, -0.2) is 19.3 Å². The summed E-state index contributed by atoms with van der Waals surface area (Å²) in [6.45, 7) is 0.745. The van der Waals surface area contributed by atoms with Gasteiger partial charge in [0.1, 0.15) is 6.07 Å². The van der Waals surface area contributed by atoms with Gasteiger partial charge in [-0.05, 0) is 35.7 Å². The van der Waals surface area contributed by atoms with E-state index < -0.39 is 10.0 Å². The third-order valence-corrected chi connectivity index (χ3v) is 6.45. The lowest BCUT2D eigenvalue weighted by Gasteiger charge is -2.29. The van der Waals surface area contributed by atoms with Crippen LogP contribution in [0.1, 0.15) is 16.7 Å². The third kappa shape index (κ3) is 2.56. The lowest BCUT2D eigenvalue weighted by Crippen LogP contribution is -2.36. The molecule has 6 heteroatoms. The van der Waals surface area contributed by atoms with Crippen molar-refractivity contribution in [2.45, 2.75) is 17.9 Å². The molecule has 2 aromatic rings. The van der Waals surface area contributed by atoms with Gasteiger partial charge >= 0.3 is 0 Å². The Morgan fingerprint density at radius 2 is 1.91 bits per heavy atom. The van der Waals surface area contributed by atoms with E-state index >= 15 is 0 Å². The molecule has 0 fully saturated rings. The summed E-state index contributed by atoms with van der Waals surface area (Å²) in [6.07, 6.45) is 0.657. The van der Waals surface area contributed by atoms with E-state index in [1.807, 2.05) is 24.3 Å². The van der Waals surface area contributed by atoms with Gasteiger partial charge in [0.15, 0.2) is 0 Å². The molecule has 0 aromatic heterocycles. The van der Waals surface area contributed by atoms with Crippen LogP contribution in [0.3, 0.4) is 0 Å². The molecule has 0 saturated heterocycles. The molecule has 0 radical (unpaired) electrons. The van der Waals surface area contributed by atoms with Crippen molar-refractivity contribution in [1.29, 1.82) is 5.26 Å². The molecule has 0 atom stereocenters. The lowest BCUT2D eigenvalue weighted by molar-refractivity contribution is 0.390. The van der Waals surface area contributed by atoms with Gasteiger partial charge in [0.2, 0.25) is 10.0 Å².